The number of nitriles is 1. The van der Waals surface area contributed by atoms with E-state index in [-0.39, 0.29) is 17.7 Å². The highest BCUT2D eigenvalue weighted by Crippen LogP contribution is 2.41. The van der Waals surface area contributed by atoms with E-state index in [4.69, 9.17) is 0 Å². The minimum atomic E-state index is -3.49. The number of hydrogen-bond donors (Lipinski definition) is 2. The molecule has 8 heteroatoms. The first kappa shape index (κ1) is 20.3. The molecule has 2 N–H and O–H groups in total. The van der Waals surface area contributed by atoms with Gasteiger partial charge >= 0.3 is 0 Å². The highest BCUT2D eigenvalue weighted by atomic mass is 32.2. The predicted octanol–water partition coefficient (Wildman–Crippen LogP) is 0.933. The van der Waals surface area contributed by atoms with Gasteiger partial charge in [0.15, 0.2) is 9.84 Å². The molecular weight excluding hydrogens is 388 g/mol. The number of amides is 1. The second kappa shape index (κ2) is 8.05. The number of rotatable bonds is 6. The molecule has 1 aromatic rings. The van der Waals surface area contributed by atoms with E-state index in [0.29, 0.717) is 37.4 Å². The fraction of sp³-hybridized carbons (Fsp3) is 0.619. The summed E-state index contributed by atoms with van der Waals surface area (Å²) < 4.78 is 26.4. The van der Waals surface area contributed by atoms with E-state index >= 15 is 0 Å². The Morgan fingerprint density at radius 1 is 1.21 bits per heavy atom. The molecule has 1 saturated heterocycles. The number of benzene rings is 1. The summed E-state index contributed by atoms with van der Waals surface area (Å²) in [5.41, 5.74) is -0.473. The number of carbonyl (C=O) groups excluding carboxylic acids is 1. The van der Waals surface area contributed by atoms with Crippen molar-refractivity contribution in [1.82, 2.24) is 15.5 Å². The molecule has 0 spiro atoms. The van der Waals surface area contributed by atoms with Crippen LogP contribution in [0.15, 0.2) is 35.2 Å². The van der Waals surface area contributed by atoms with Crippen LogP contribution in [-0.2, 0) is 14.6 Å². The molecule has 0 bridgehead atoms. The Morgan fingerprint density at radius 3 is 2.52 bits per heavy atom. The van der Waals surface area contributed by atoms with E-state index in [1.165, 1.54) is 0 Å². The predicted molar refractivity (Wildman–Crippen MR) is 109 cm³/mol. The first-order valence-electron chi connectivity index (χ1n) is 10.4. The average molecular weight is 417 g/mol. The molecule has 4 rings (SSSR count). The minimum absolute atomic E-state index is 0.0610. The van der Waals surface area contributed by atoms with Crippen molar-refractivity contribution in [3.05, 3.63) is 30.3 Å². The van der Waals surface area contributed by atoms with Crippen molar-refractivity contribution in [1.29, 1.82) is 5.26 Å². The zero-order chi connectivity index (χ0) is 20.5. The van der Waals surface area contributed by atoms with Crippen LogP contribution in [0.3, 0.4) is 0 Å². The van der Waals surface area contributed by atoms with E-state index in [9.17, 15) is 18.5 Å². The van der Waals surface area contributed by atoms with Gasteiger partial charge in [0.2, 0.25) is 5.91 Å². The molecule has 1 aliphatic heterocycles. The Kier molecular flexibility index (Phi) is 5.65. The normalized spacial score (nSPS) is 28.7. The van der Waals surface area contributed by atoms with Gasteiger partial charge in [-0.1, -0.05) is 18.2 Å². The first-order valence-corrected chi connectivity index (χ1v) is 11.9. The van der Waals surface area contributed by atoms with Crippen LogP contribution in [0, 0.1) is 23.2 Å². The number of carbonyl (C=O) groups is 1. The Bertz CT molecular complexity index is 886. The van der Waals surface area contributed by atoms with Gasteiger partial charge in [-0.2, -0.15) is 5.26 Å². The second-order valence-corrected chi connectivity index (χ2v) is 10.7. The third-order valence-corrected chi connectivity index (χ3v) is 8.77. The minimum Gasteiger partial charge on any atom is -0.340 e. The van der Waals surface area contributed by atoms with E-state index in [1.54, 1.807) is 30.3 Å². The molecule has 0 radical (unpaired) electrons. The van der Waals surface area contributed by atoms with Crippen molar-refractivity contribution in [3.8, 4) is 6.07 Å². The summed E-state index contributed by atoms with van der Waals surface area (Å²) >= 11 is 0. The summed E-state index contributed by atoms with van der Waals surface area (Å²) in [6.45, 7) is 3.37. The third kappa shape index (κ3) is 4.18. The summed E-state index contributed by atoms with van der Waals surface area (Å²) in [5.74, 6) is -0.337. The van der Waals surface area contributed by atoms with E-state index in [1.807, 2.05) is 4.90 Å². The van der Waals surface area contributed by atoms with Crippen LogP contribution in [0.2, 0.25) is 0 Å². The Labute approximate surface area is 172 Å². The van der Waals surface area contributed by atoms with Crippen molar-refractivity contribution in [3.63, 3.8) is 0 Å². The number of hydrogen-bond acceptors (Lipinski definition) is 6. The van der Waals surface area contributed by atoms with Gasteiger partial charge in [0.1, 0.15) is 5.54 Å². The number of sulfone groups is 1. The van der Waals surface area contributed by atoms with Crippen molar-refractivity contribution in [2.75, 3.05) is 32.7 Å². The zero-order valence-electron chi connectivity index (χ0n) is 16.5. The highest BCUT2D eigenvalue weighted by molar-refractivity contribution is 7.92. The van der Waals surface area contributed by atoms with Crippen LogP contribution in [-0.4, -0.2) is 62.7 Å². The number of nitrogens with one attached hydrogen (secondary N) is 2. The van der Waals surface area contributed by atoms with Crippen molar-refractivity contribution in [2.24, 2.45) is 11.8 Å². The molecule has 2 saturated carbocycles. The maximum atomic E-state index is 13.2. The van der Waals surface area contributed by atoms with Crippen LogP contribution < -0.4 is 10.6 Å². The van der Waals surface area contributed by atoms with Gasteiger partial charge in [-0.25, -0.2) is 8.42 Å². The SMILES string of the molecule is N#CC1(NC[C@@H]2C[C@@H](S(=O)(=O)c3ccccc3)C[C@H]2C(=O)N2CCNCC2)CC1. The van der Waals surface area contributed by atoms with Gasteiger partial charge in [-0.05, 0) is 43.7 Å². The maximum Gasteiger partial charge on any atom is 0.226 e. The van der Waals surface area contributed by atoms with Gasteiger partial charge < -0.3 is 10.2 Å². The molecule has 3 atom stereocenters. The van der Waals surface area contributed by atoms with Gasteiger partial charge in [0, 0.05) is 38.6 Å². The lowest BCUT2D eigenvalue weighted by Crippen LogP contribution is -2.49. The monoisotopic (exact) mass is 416 g/mol. The van der Waals surface area contributed by atoms with Gasteiger partial charge in [0.05, 0.1) is 16.2 Å². The average Bonchev–Trinajstić information content (AvgIpc) is 3.42. The molecule has 1 aromatic carbocycles. The first-order chi connectivity index (χ1) is 14.0. The third-order valence-electron chi connectivity index (χ3n) is 6.57. The maximum absolute atomic E-state index is 13.2. The fourth-order valence-electron chi connectivity index (χ4n) is 4.56. The topological polar surface area (TPSA) is 102 Å². The number of nitrogens with zero attached hydrogens (tertiary/aromatic N) is 2. The molecule has 3 aliphatic rings. The lowest BCUT2D eigenvalue weighted by Gasteiger charge is -2.31. The number of piperazine rings is 1. The summed E-state index contributed by atoms with van der Waals surface area (Å²) in [5, 5.41) is 15.4. The fourth-order valence-corrected chi connectivity index (χ4v) is 6.44. The van der Waals surface area contributed by atoms with Crippen LogP contribution in [0.4, 0.5) is 0 Å². The van der Waals surface area contributed by atoms with Crippen LogP contribution in [0.5, 0.6) is 0 Å². The van der Waals surface area contributed by atoms with Crippen LogP contribution in [0.1, 0.15) is 25.7 Å². The molecular formula is C21H28N4O3S. The van der Waals surface area contributed by atoms with Gasteiger partial charge in [0.25, 0.3) is 0 Å². The highest BCUT2D eigenvalue weighted by Gasteiger charge is 2.48. The van der Waals surface area contributed by atoms with E-state index in [2.05, 4.69) is 16.7 Å². The summed E-state index contributed by atoms with van der Waals surface area (Å²) in [7, 11) is -3.49. The Hall–Kier alpha value is -1.95. The summed E-state index contributed by atoms with van der Waals surface area (Å²) in [4.78, 5) is 15.4. The van der Waals surface area contributed by atoms with Gasteiger partial charge in [-0.3, -0.25) is 10.1 Å². The lowest BCUT2D eigenvalue weighted by molar-refractivity contribution is -0.137. The second-order valence-electron chi connectivity index (χ2n) is 8.47. The van der Waals surface area contributed by atoms with E-state index in [0.717, 1.165) is 25.9 Å². The largest absolute Gasteiger partial charge is 0.340 e. The molecule has 3 fully saturated rings. The lowest BCUT2D eigenvalue weighted by atomic mass is 9.94. The Balaban J connectivity index is 1.53. The van der Waals surface area contributed by atoms with E-state index < -0.39 is 20.6 Å². The molecule has 0 unspecified atom stereocenters. The standard InChI is InChI=1S/C21H28N4O3S/c22-15-21(6-7-21)24-14-16-12-18(29(27,28)17-4-2-1-3-5-17)13-19(16)20(26)25-10-8-23-9-11-25/h1-5,16,18-19,23-24H,6-14H2/t16-,18+,19+/m0/s1. The van der Waals surface area contributed by atoms with Gasteiger partial charge in [-0.15, -0.1) is 0 Å². The molecule has 0 aromatic heterocycles. The Morgan fingerprint density at radius 2 is 1.90 bits per heavy atom. The molecule has 1 amide bonds. The summed E-state index contributed by atoms with van der Waals surface area (Å²) in [6, 6.07) is 10.8. The van der Waals surface area contributed by atoms with Crippen LogP contribution in [0.25, 0.3) is 0 Å². The van der Waals surface area contributed by atoms with Crippen LogP contribution >= 0.6 is 0 Å². The molecule has 29 heavy (non-hydrogen) atoms. The molecule has 1 heterocycles. The van der Waals surface area contributed by atoms with Crippen molar-refractivity contribution in [2.45, 2.75) is 41.4 Å². The zero-order valence-corrected chi connectivity index (χ0v) is 17.3. The van der Waals surface area contributed by atoms with Crippen molar-refractivity contribution >= 4 is 15.7 Å². The molecule has 156 valence electrons. The molecule has 7 nitrogen and oxygen atoms in total. The molecule has 2 aliphatic carbocycles. The summed E-state index contributed by atoms with van der Waals surface area (Å²) in [6.07, 6.45) is 2.44. The smallest absolute Gasteiger partial charge is 0.226 e. The van der Waals surface area contributed by atoms with Crippen molar-refractivity contribution < 1.29 is 13.2 Å². The quantitative estimate of drug-likeness (QED) is 0.715.